The lowest BCUT2D eigenvalue weighted by molar-refractivity contribution is 0.323. The van der Waals surface area contributed by atoms with Crippen molar-refractivity contribution in [1.82, 2.24) is 0 Å². The Labute approximate surface area is 96.8 Å². The predicted octanol–water partition coefficient (Wildman–Crippen LogP) is 5.13. The molecular formula is C15H30. The first-order chi connectivity index (χ1) is 6.91. The van der Waals surface area contributed by atoms with Crippen molar-refractivity contribution in [3.63, 3.8) is 0 Å². The Bertz CT molecular complexity index is 194. The molecule has 90 valence electrons. The van der Waals surface area contributed by atoms with Gasteiger partial charge in [-0.05, 0) is 35.5 Å². The summed E-state index contributed by atoms with van der Waals surface area (Å²) in [6.07, 6.45) is 5.67. The van der Waals surface area contributed by atoms with Gasteiger partial charge in [0.05, 0.1) is 0 Å². The summed E-state index contributed by atoms with van der Waals surface area (Å²) in [5.74, 6) is 3.79. The zero-order valence-electron chi connectivity index (χ0n) is 11.6. The molecule has 4 unspecified atom stereocenters. The highest BCUT2D eigenvalue weighted by atomic mass is 14.6. The molecule has 0 aromatic rings. The topological polar surface area (TPSA) is 0 Å². The van der Waals surface area contributed by atoms with E-state index in [0.29, 0.717) is 5.41 Å². The second kappa shape index (κ2) is 4.89. The van der Waals surface area contributed by atoms with Gasteiger partial charge in [0, 0.05) is 0 Å². The largest absolute Gasteiger partial charge is 0.0651 e. The van der Waals surface area contributed by atoms with Crippen LogP contribution in [0.15, 0.2) is 0 Å². The molecule has 0 aromatic carbocycles. The standard InChI is InChI=1S/C15H30/c1-7-14-13(5)15(14,6)10-12(4)9-8-11(2)3/h11-14H,7-10H2,1-6H3. The average Bonchev–Trinajstić information content (AvgIpc) is 2.64. The molecule has 4 atom stereocenters. The molecule has 1 saturated carbocycles. The van der Waals surface area contributed by atoms with Crippen LogP contribution in [0, 0.1) is 29.1 Å². The molecule has 1 rings (SSSR count). The van der Waals surface area contributed by atoms with Crippen molar-refractivity contribution >= 4 is 0 Å². The highest BCUT2D eigenvalue weighted by molar-refractivity contribution is 5.04. The quantitative estimate of drug-likeness (QED) is 0.570. The van der Waals surface area contributed by atoms with Crippen LogP contribution < -0.4 is 0 Å². The fourth-order valence-corrected chi connectivity index (χ4v) is 3.54. The second-order valence-electron chi connectivity index (χ2n) is 6.59. The second-order valence-corrected chi connectivity index (χ2v) is 6.59. The molecule has 0 heterocycles. The molecule has 0 amide bonds. The normalized spacial score (nSPS) is 37.0. The SMILES string of the molecule is CCC1C(C)C1(C)CC(C)CCC(C)C. The van der Waals surface area contributed by atoms with Gasteiger partial charge in [-0.1, -0.05) is 60.8 Å². The highest BCUT2D eigenvalue weighted by Gasteiger charge is 2.56. The van der Waals surface area contributed by atoms with Crippen molar-refractivity contribution in [3.8, 4) is 0 Å². The molecule has 1 aliphatic carbocycles. The molecule has 0 heteroatoms. The van der Waals surface area contributed by atoms with Crippen LogP contribution in [0.4, 0.5) is 0 Å². The zero-order valence-corrected chi connectivity index (χ0v) is 11.6. The number of hydrogen-bond acceptors (Lipinski definition) is 0. The Kier molecular flexibility index (Phi) is 4.26. The van der Waals surface area contributed by atoms with Crippen LogP contribution in [0.2, 0.25) is 0 Å². The van der Waals surface area contributed by atoms with Crippen molar-refractivity contribution in [1.29, 1.82) is 0 Å². The van der Waals surface area contributed by atoms with E-state index in [1.807, 2.05) is 0 Å². The molecule has 0 saturated heterocycles. The van der Waals surface area contributed by atoms with E-state index in [1.54, 1.807) is 0 Å². The van der Waals surface area contributed by atoms with Gasteiger partial charge in [-0.3, -0.25) is 0 Å². The molecule has 0 aromatic heterocycles. The third-order valence-corrected chi connectivity index (χ3v) is 4.85. The Morgan fingerprint density at radius 3 is 2.13 bits per heavy atom. The maximum atomic E-state index is 2.51. The zero-order chi connectivity index (χ0) is 11.6. The Morgan fingerprint density at radius 2 is 1.73 bits per heavy atom. The van der Waals surface area contributed by atoms with Crippen molar-refractivity contribution in [2.75, 3.05) is 0 Å². The van der Waals surface area contributed by atoms with E-state index >= 15 is 0 Å². The van der Waals surface area contributed by atoms with E-state index in [9.17, 15) is 0 Å². The van der Waals surface area contributed by atoms with Gasteiger partial charge in [-0.25, -0.2) is 0 Å². The maximum Gasteiger partial charge on any atom is -0.0264 e. The first-order valence-corrected chi connectivity index (χ1v) is 6.91. The van der Waals surface area contributed by atoms with Crippen LogP contribution in [0.25, 0.3) is 0 Å². The van der Waals surface area contributed by atoms with Crippen LogP contribution in [0.3, 0.4) is 0 Å². The average molecular weight is 210 g/mol. The van der Waals surface area contributed by atoms with Crippen LogP contribution in [0.1, 0.15) is 67.2 Å². The lowest BCUT2D eigenvalue weighted by Gasteiger charge is -2.19. The fourth-order valence-electron chi connectivity index (χ4n) is 3.54. The first kappa shape index (κ1) is 13.1. The third kappa shape index (κ3) is 2.98. The van der Waals surface area contributed by atoms with Crippen LogP contribution in [0.5, 0.6) is 0 Å². The van der Waals surface area contributed by atoms with Gasteiger partial charge < -0.3 is 0 Å². The van der Waals surface area contributed by atoms with Crippen molar-refractivity contribution in [2.45, 2.75) is 67.2 Å². The van der Waals surface area contributed by atoms with Gasteiger partial charge in [0.1, 0.15) is 0 Å². The van der Waals surface area contributed by atoms with E-state index < -0.39 is 0 Å². The summed E-state index contributed by atoms with van der Waals surface area (Å²) in [5, 5.41) is 0. The van der Waals surface area contributed by atoms with Gasteiger partial charge in [0.25, 0.3) is 0 Å². The molecule has 0 N–H and O–H groups in total. The summed E-state index contributed by atoms with van der Waals surface area (Å²) in [7, 11) is 0. The molecule has 0 spiro atoms. The fraction of sp³-hybridized carbons (Fsp3) is 1.00. The Balaban J connectivity index is 2.29. The maximum absolute atomic E-state index is 2.51. The van der Waals surface area contributed by atoms with Crippen LogP contribution in [-0.2, 0) is 0 Å². The summed E-state index contributed by atoms with van der Waals surface area (Å²) >= 11 is 0. The molecule has 0 nitrogen and oxygen atoms in total. The van der Waals surface area contributed by atoms with Crippen LogP contribution in [-0.4, -0.2) is 0 Å². The molecule has 0 aliphatic heterocycles. The summed E-state index contributed by atoms with van der Waals surface area (Å²) in [5.41, 5.74) is 0.686. The minimum Gasteiger partial charge on any atom is -0.0651 e. The smallest absolute Gasteiger partial charge is 0.0264 e. The minimum absolute atomic E-state index is 0.686. The molecule has 1 fully saturated rings. The molecule has 1 aliphatic rings. The van der Waals surface area contributed by atoms with E-state index in [0.717, 1.165) is 23.7 Å². The lowest BCUT2D eigenvalue weighted by Crippen LogP contribution is -2.08. The van der Waals surface area contributed by atoms with Gasteiger partial charge in [-0.15, -0.1) is 0 Å². The van der Waals surface area contributed by atoms with E-state index in [4.69, 9.17) is 0 Å². The summed E-state index contributed by atoms with van der Waals surface area (Å²) in [6.45, 7) is 14.4. The van der Waals surface area contributed by atoms with E-state index in [2.05, 4.69) is 41.5 Å². The van der Waals surface area contributed by atoms with E-state index in [-0.39, 0.29) is 0 Å². The summed E-state index contributed by atoms with van der Waals surface area (Å²) in [4.78, 5) is 0. The Morgan fingerprint density at radius 1 is 1.13 bits per heavy atom. The molecular weight excluding hydrogens is 180 g/mol. The molecule has 15 heavy (non-hydrogen) atoms. The monoisotopic (exact) mass is 210 g/mol. The van der Waals surface area contributed by atoms with Gasteiger partial charge in [0.2, 0.25) is 0 Å². The van der Waals surface area contributed by atoms with Crippen molar-refractivity contribution in [2.24, 2.45) is 29.1 Å². The van der Waals surface area contributed by atoms with Crippen LogP contribution >= 0.6 is 0 Å². The third-order valence-electron chi connectivity index (χ3n) is 4.85. The van der Waals surface area contributed by atoms with Crippen molar-refractivity contribution in [3.05, 3.63) is 0 Å². The number of hydrogen-bond donors (Lipinski definition) is 0. The van der Waals surface area contributed by atoms with Gasteiger partial charge in [0.15, 0.2) is 0 Å². The Hall–Kier alpha value is 0. The van der Waals surface area contributed by atoms with Gasteiger partial charge >= 0.3 is 0 Å². The lowest BCUT2D eigenvalue weighted by atomic mass is 9.87. The predicted molar refractivity (Wildman–Crippen MR) is 68.9 cm³/mol. The minimum atomic E-state index is 0.686. The highest BCUT2D eigenvalue weighted by Crippen LogP contribution is 2.63. The summed E-state index contributed by atoms with van der Waals surface area (Å²) < 4.78 is 0. The molecule has 0 radical (unpaired) electrons. The molecule has 0 bridgehead atoms. The van der Waals surface area contributed by atoms with E-state index in [1.165, 1.54) is 25.7 Å². The van der Waals surface area contributed by atoms with Gasteiger partial charge in [-0.2, -0.15) is 0 Å². The first-order valence-electron chi connectivity index (χ1n) is 6.91. The number of rotatable bonds is 6. The van der Waals surface area contributed by atoms with Crippen molar-refractivity contribution < 1.29 is 0 Å². The summed E-state index contributed by atoms with van der Waals surface area (Å²) in [6, 6.07) is 0.